The predicted octanol–water partition coefficient (Wildman–Crippen LogP) is 1.65. The Kier molecular flexibility index (Phi) is 4.77. The maximum absolute atomic E-state index is 13.6. The zero-order valence-electron chi connectivity index (χ0n) is 11.2. The first-order valence-corrected chi connectivity index (χ1v) is 6.46. The fourth-order valence-corrected chi connectivity index (χ4v) is 1.82. The normalized spacial score (nSPS) is 10.4. The number of aryl methyl sites for hydroxylation is 1. The molecule has 0 saturated carbocycles. The molecule has 0 amide bonds. The van der Waals surface area contributed by atoms with Crippen LogP contribution < -0.4 is 10.2 Å². The van der Waals surface area contributed by atoms with Crippen LogP contribution in [0.15, 0.2) is 42.5 Å². The summed E-state index contributed by atoms with van der Waals surface area (Å²) in [5.41, 5.74) is 2.35. The fourth-order valence-electron chi connectivity index (χ4n) is 1.82. The Morgan fingerprint density at radius 1 is 1.05 bits per heavy atom. The highest BCUT2D eigenvalue weighted by molar-refractivity contribution is 6.58. The molecule has 0 fully saturated rings. The second kappa shape index (κ2) is 6.54. The van der Waals surface area contributed by atoms with Crippen molar-refractivity contribution >= 4 is 12.6 Å². The third-order valence-corrected chi connectivity index (χ3v) is 3.08. The lowest BCUT2D eigenvalue weighted by atomic mass is 9.80. The van der Waals surface area contributed by atoms with Gasteiger partial charge in [-0.1, -0.05) is 37.3 Å². The predicted molar refractivity (Wildman–Crippen MR) is 76.4 cm³/mol. The van der Waals surface area contributed by atoms with Gasteiger partial charge in [-0.2, -0.15) is 0 Å². The van der Waals surface area contributed by atoms with E-state index in [1.54, 1.807) is 0 Å². The Balaban J connectivity index is 2.07. The molecule has 20 heavy (non-hydrogen) atoms. The van der Waals surface area contributed by atoms with Crippen LogP contribution in [0.2, 0.25) is 0 Å². The number of hydrogen-bond donors (Lipinski definition) is 2. The van der Waals surface area contributed by atoms with E-state index in [1.165, 1.54) is 17.7 Å². The van der Waals surface area contributed by atoms with Crippen LogP contribution in [0.3, 0.4) is 0 Å². The standard InChI is InChI=1S/C15H16BFO3/c1-2-11-3-5-12(6-4-11)10-20-15-9-13(16(18)19)7-8-14(15)17/h3-9,18-19H,2,10H2,1H3. The van der Waals surface area contributed by atoms with E-state index in [9.17, 15) is 4.39 Å². The second-order valence-corrected chi connectivity index (χ2v) is 4.52. The maximum Gasteiger partial charge on any atom is 0.488 e. The van der Waals surface area contributed by atoms with Crippen LogP contribution in [0.1, 0.15) is 18.1 Å². The van der Waals surface area contributed by atoms with Crippen LogP contribution in [-0.2, 0) is 13.0 Å². The molecule has 2 aromatic rings. The first-order valence-electron chi connectivity index (χ1n) is 6.46. The van der Waals surface area contributed by atoms with Crippen LogP contribution in [0.25, 0.3) is 0 Å². The van der Waals surface area contributed by atoms with E-state index in [1.807, 2.05) is 24.3 Å². The van der Waals surface area contributed by atoms with Crippen molar-refractivity contribution in [2.24, 2.45) is 0 Å². The lowest BCUT2D eigenvalue weighted by Gasteiger charge is -2.09. The van der Waals surface area contributed by atoms with Gasteiger partial charge in [0.1, 0.15) is 6.61 Å². The second-order valence-electron chi connectivity index (χ2n) is 4.52. The lowest BCUT2D eigenvalue weighted by Crippen LogP contribution is -2.29. The van der Waals surface area contributed by atoms with Gasteiger partial charge in [0.25, 0.3) is 0 Å². The summed E-state index contributed by atoms with van der Waals surface area (Å²) < 4.78 is 19.0. The minimum Gasteiger partial charge on any atom is -0.486 e. The number of halogens is 1. The topological polar surface area (TPSA) is 49.7 Å². The van der Waals surface area contributed by atoms with E-state index in [0.29, 0.717) is 0 Å². The summed E-state index contributed by atoms with van der Waals surface area (Å²) in [5, 5.41) is 18.1. The van der Waals surface area contributed by atoms with Crippen LogP contribution in [-0.4, -0.2) is 17.2 Å². The molecule has 0 heterocycles. The van der Waals surface area contributed by atoms with Gasteiger partial charge in [0, 0.05) is 0 Å². The number of hydrogen-bond acceptors (Lipinski definition) is 3. The third-order valence-electron chi connectivity index (χ3n) is 3.08. The van der Waals surface area contributed by atoms with Gasteiger partial charge in [0.05, 0.1) is 0 Å². The van der Waals surface area contributed by atoms with Crippen molar-refractivity contribution < 1.29 is 19.2 Å². The third kappa shape index (κ3) is 3.59. The van der Waals surface area contributed by atoms with E-state index in [2.05, 4.69) is 6.92 Å². The number of rotatable bonds is 5. The summed E-state index contributed by atoms with van der Waals surface area (Å²) in [6, 6.07) is 11.6. The number of ether oxygens (including phenoxy) is 1. The molecular formula is C15H16BFO3. The van der Waals surface area contributed by atoms with Gasteiger partial charge in [-0.3, -0.25) is 0 Å². The lowest BCUT2D eigenvalue weighted by molar-refractivity contribution is 0.290. The van der Waals surface area contributed by atoms with E-state index in [0.717, 1.165) is 18.1 Å². The van der Waals surface area contributed by atoms with Crippen LogP contribution in [0.4, 0.5) is 4.39 Å². The van der Waals surface area contributed by atoms with Gasteiger partial charge in [0.15, 0.2) is 11.6 Å². The van der Waals surface area contributed by atoms with Crippen molar-refractivity contribution in [3.05, 3.63) is 59.4 Å². The van der Waals surface area contributed by atoms with E-state index in [-0.39, 0.29) is 17.8 Å². The molecule has 0 aliphatic carbocycles. The molecule has 0 aromatic heterocycles. The SMILES string of the molecule is CCc1ccc(COc2cc(B(O)O)ccc2F)cc1. The maximum atomic E-state index is 13.6. The van der Waals surface area contributed by atoms with Gasteiger partial charge < -0.3 is 14.8 Å². The number of benzene rings is 2. The monoisotopic (exact) mass is 274 g/mol. The van der Waals surface area contributed by atoms with Crippen LogP contribution in [0, 0.1) is 5.82 Å². The summed E-state index contributed by atoms with van der Waals surface area (Å²) in [6.07, 6.45) is 0.964. The molecule has 2 N–H and O–H groups in total. The summed E-state index contributed by atoms with van der Waals surface area (Å²) in [4.78, 5) is 0. The van der Waals surface area contributed by atoms with E-state index < -0.39 is 12.9 Å². The Morgan fingerprint density at radius 2 is 1.70 bits per heavy atom. The summed E-state index contributed by atoms with van der Waals surface area (Å²) >= 11 is 0. The molecule has 5 heteroatoms. The molecule has 0 aliphatic rings. The van der Waals surface area contributed by atoms with Gasteiger partial charge >= 0.3 is 7.12 Å². The van der Waals surface area contributed by atoms with Crippen LogP contribution >= 0.6 is 0 Å². The van der Waals surface area contributed by atoms with Crippen molar-refractivity contribution in [3.8, 4) is 5.75 Å². The summed E-state index contributed by atoms with van der Waals surface area (Å²) in [7, 11) is -1.64. The Labute approximate surface area is 117 Å². The molecule has 104 valence electrons. The Morgan fingerprint density at radius 3 is 2.30 bits per heavy atom. The average molecular weight is 274 g/mol. The van der Waals surface area contributed by atoms with Gasteiger partial charge in [-0.25, -0.2) is 4.39 Å². The first-order chi connectivity index (χ1) is 9.60. The Bertz CT molecular complexity index is 570. The molecule has 0 aliphatic heterocycles. The van der Waals surface area contributed by atoms with Crippen molar-refractivity contribution in [2.75, 3.05) is 0 Å². The molecule has 0 bridgehead atoms. The molecule has 0 saturated heterocycles. The molecule has 0 atom stereocenters. The highest BCUT2D eigenvalue weighted by Gasteiger charge is 2.14. The van der Waals surface area contributed by atoms with E-state index in [4.69, 9.17) is 14.8 Å². The summed E-state index contributed by atoms with van der Waals surface area (Å²) in [6.45, 7) is 2.30. The molecule has 0 radical (unpaired) electrons. The first kappa shape index (κ1) is 14.6. The molecule has 0 spiro atoms. The highest BCUT2D eigenvalue weighted by atomic mass is 19.1. The van der Waals surface area contributed by atoms with Crippen LogP contribution in [0.5, 0.6) is 5.75 Å². The zero-order chi connectivity index (χ0) is 14.5. The molecule has 2 aromatic carbocycles. The minimum absolute atomic E-state index is 0.00941. The van der Waals surface area contributed by atoms with Gasteiger partial charge in [-0.15, -0.1) is 0 Å². The average Bonchev–Trinajstić information content (AvgIpc) is 2.46. The molecule has 3 nitrogen and oxygen atoms in total. The summed E-state index contributed by atoms with van der Waals surface area (Å²) in [5.74, 6) is -0.519. The largest absolute Gasteiger partial charge is 0.488 e. The van der Waals surface area contributed by atoms with Crippen molar-refractivity contribution in [1.29, 1.82) is 0 Å². The Hall–Kier alpha value is -1.85. The van der Waals surface area contributed by atoms with Gasteiger partial charge in [0.2, 0.25) is 0 Å². The van der Waals surface area contributed by atoms with E-state index >= 15 is 0 Å². The minimum atomic E-state index is -1.64. The zero-order valence-corrected chi connectivity index (χ0v) is 11.2. The molecular weight excluding hydrogens is 258 g/mol. The smallest absolute Gasteiger partial charge is 0.486 e. The highest BCUT2D eigenvalue weighted by Crippen LogP contribution is 2.17. The quantitative estimate of drug-likeness (QED) is 0.815. The molecule has 2 rings (SSSR count). The van der Waals surface area contributed by atoms with Crippen molar-refractivity contribution in [2.45, 2.75) is 20.0 Å². The van der Waals surface area contributed by atoms with Crippen molar-refractivity contribution in [3.63, 3.8) is 0 Å². The van der Waals surface area contributed by atoms with Crippen molar-refractivity contribution in [1.82, 2.24) is 0 Å². The van der Waals surface area contributed by atoms with Gasteiger partial charge in [-0.05, 0) is 35.1 Å². The fraction of sp³-hybridized carbons (Fsp3) is 0.200. The molecule has 0 unspecified atom stereocenters.